The molecule has 9 heteroatoms. The molecule has 2 aromatic rings. The van der Waals surface area contributed by atoms with E-state index in [1.54, 1.807) is 0 Å². The molecule has 1 aliphatic heterocycles. The normalized spacial score (nSPS) is 24.7. The molecule has 0 saturated carbocycles. The Morgan fingerprint density at radius 2 is 1.57 bits per heavy atom. The zero-order chi connectivity index (χ0) is 22.2. The van der Waals surface area contributed by atoms with E-state index in [4.69, 9.17) is 9.47 Å². The molecule has 30 heavy (non-hydrogen) atoms. The second-order valence-corrected chi connectivity index (χ2v) is 7.62. The molecule has 1 N–H and O–H groups in total. The Morgan fingerprint density at radius 3 is 2.07 bits per heavy atom. The fourth-order valence-corrected chi connectivity index (χ4v) is 3.22. The molecule has 0 aliphatic carbocycles. The lowest BCUT2D eigenvalue weighted by atomic mass is 9.86. The third kappa shape index (κ3) is 4.58. The van der Waals surface area contributed by atoms with Gasteiger partial charge in [-0.3, -0.25) is 0 Å². The van der Waals surface area contributed by atoms with E-state index in [1.165, 1.54) is 12.1 Å². The largest absolute Gasteiger partial charge is 0.429 e. The Kier molecular flexibility index (Phi) is 6.08. The smallest absolute Gasteiger partial charge is 0.426 e. The van der Waals surface area contributed by atoms with Crippen LogP contribution in [0.4, 0.5) is 22.0 Å². The van der Waals surface area contributed by atoms with Crippen LogP contribution in [0, 0.1) is 22.9 Å². The summed E-state index contributed by atoms with van der Waals surface area (Å²) in [6.45, 7) is 4.42. The van der Waals surface area contributed by atoms with Crippen molar-refractivity contribution in [1.29, 1.82) is 0 Å². The molecule has 2 aromatic carbocycles. The number of alkyl halides is 2. The lowest BCUT2D eigenvalue weighted by Gasteiger charge is -2.41. The first-order valence-electron chi connectivity index (χ1n) is 9.31. The van der Waals surface area contributed by atoms with Gasteiger partial charge in [0.1, 0.15) is 5.75 Å². The number of halogens is 5. The van der Waals surface area contributed by atoms with E-state index in [0.717, 1.165) is 25.0 Å². The topological polar surface area (TPSA) is 47.9 Å². The summed E-state index contributed by atoms with van der Waals surface area (Å²) in [5.41, 5.74) is -0.826. The van der Waals surface area contributed by atoms with Gasteiger partial charge in [-0.2, -0.15) is 8.78 Å². The summed E-state index contributed by atoms with van der Waals surface area (Å²) in [7, 11) is 0. The van der Waals surface area contributed by atoms with Crippen LogP contribution < -0.4 is 4.74 Å². The summed E-state index contributed by atoms with van der Waals surface area (Å²) < 4.78 is 83.5. The molecule has 0 unspecified atom stereocenters. The van der Waals surface area contributed by atoms with Crippen molar-refractivity contribution in [3.05, 3.63) is 65.0 Å². The highest BCUT2D eigenvalue weighted by Crippen LogP contribution is 2.39. The van der Waals surface area contributed by atoms with Crippen LogP contribution >= 0.6 is 0 Å². The van der Waals surface area contributed by atoms with Crippen molar-refractivity contribution in [3.8, 4) is 5.75 Å². The van der Waals surface area contributed by atoms with Crippen LogP contribution in [0.5, 0.6) is 5.75 Å². The minimum atomic E-state index is -3.98. The summed E-state index contributed by atoms with van der Waals surface area (Å²) in [4.78, 5) is 0. The molecule has 3 rings (SSSR count). The highest BCUT2D eigenvalue weighted by molar-refractivity contribution is 5.30. The second-order valence-electron chi connectivity index (χ2n) is 7.62. The van der Waals surface area contributed by atoms with Gasteiger partial charge >= 0.3 is 12.1 Å². The van der Waals surface area contributed by atoms with Gasteiger partial charge in [0.05, 0.1) is 18.8 Å². The van der Waals surface area contributed by atoms with Crippen LogP contribution in [0.2, 0.25) is 0 Å². The van der Waals surface area contributed by atoms with Gasteiger partial charge in [-0.1, -0.05) is 32.4 Å². The van der Waals surface area contributed by atoms with Crippen molar-refractivity contribution in [1.82, 2.24) is 0 Å². The van der Waals surface area contributed by atoms with Crippen LogP contribution in [-0.4, -0.2) is 18.3 Å². The van der Waals surface area contributed by atoms with Gasteiger partial charge in [0.2, 0.25) is 0 Å². The summed E-state index contributed by atoms with van der Waals surface area (Å²) in [6, 6.07) is 4.88. The summed E-state index contributed by atoms with van der Waals surface area (Å²) >= 11 is 0. The fraction of sp³-hybridized carbons (Fsp3) is 0.429. The van der Waals surface area contributed by atoms with Crippen molar-refractivity contribution in [2.45, 2.75) is 38.8 Å². The molecule has 4 nitrogen and oxygen atoms in total. The minimum Gasteiger partial charge on any atom is -0.429 e. The number of hydrogen-bond acceptors (Lipinski definition) is 4. The molecule has 1 heterocycles. The zero-order valence-electron chi connectivity index (χ0n) is 16.4. The minimum absolute atomic E-state index is 0.0967. The SMILES string of the molecule is CCCC1(C)COC(O)(c2ccc(C(F)(F)Oc3cc(F)c(F)c(F)c3)cc2)OC1. The number of hydrogen-bond donors (Lipinski definition) is 1. The standard InChI is InChI=1S/C21H21F5O4/c1-3-8-19(2)11-28-21(27,29-12-19)14-6-4-13(5-7-14)20(25,26)30-15-9-16(22)18(24)17(23)10-15/h4-7,9-10,27H,3,8,11-12H2,1-2H3. The molecule has 1 saturated heterocycles. The summed E-state index contributed by atoms with van der Waals surface area (Å²) in [5, 5.41) is 10.6. The molecular weight excluding hydrogens is 411 g/mol. The fourth-order valence-electron chi connectivity index (χ4n) is 3.22. The molecule has 0 amide bonds. The van der Waals surface area contributed by atoms with E-state index in [-0.39, 0.29) is 24.2 Å². The van der Waals surface area contributed by atoms with E-state index >= 15 is 0 Å². The first kappa shape index (κ1) is 22.5. The molecule has 0 atom stereocenters. The van der Waals surface area contributed by atoms with Gasteiger partial charge in [0.25, 0.3) is 0 Å². The van der Waals surface area contributed by atoms with E-state index < -0.39 is 40.8 Å². The van der Waals surface area contributed by atoms with Crippen LogP contribution in [-0.2, 0) is 21.6 Å². The average Bonchev–Trinajstić information content (AvgIpc) is 2.69. The maximum Gasteiger partial charge on any atom is 0.426 e. The molecule has 0 spiro atoms. The van der Waals surface area contributed by atoms with Crippen molar-refractivity contribution in [2.75, 3.05) is 13.2 Å². The molecular formula is C21H21F5O4. The predicted octanol–water partition coefficient (Wildman–Crippen LogP) is 5.19. The van der Waals surface area contributed by atoms with Gasteiger partial charge in [-0.05, 0) is 18.6 Å². The van der Waals surface area contributed by atoms with Gasteiger partial charge < -0.3 is 19.3 Å². The number of rotatable bonds is 6. The summed E-state index contributed by atoms with van der Waals surface area (Å²) in [6.07, 6.45) is -2.24. The average molecular weight is 432 g/mol. The van der Waals surface area contributed by atoms with E-state index in [1.807, 2.05) is 13.8 Å². The van der Waals surface area contributed by atoms with Crippen LogP contribution in [0.3, 0.4) is 0 Å². The van der Waals surface area contributed by atoms with Crippen LogP contribution in [0.15, 0.2) is 36.4 Å². The zero-order valence-corrected chi connectivity index (χ0v) is 16.4. The Labute approximate surface area is 170 Å². The molecule has 1 fully saturated rings. The van der Waals surface area contributed by atoms with Gasteiger partial charge in [0, 0.05) is 23.1 Å². The molecule has 164 valence electrons. The maximum absolute atomic E-state index is 14.4. The molecule has 0 bridgehead atoms. The third-order valence-electron chi connectivity index (χ3n) is 4.88. The van der Waals surface area contributed by atoms with Crippen molar-refractivity contribution in [3.63, 3.8) is 0 Å². The van der Waals surface area contributed by atoms with Crippen LogP contribution in [0.1, 0.15) is 37.8 Å². The Balaban J connectivity index is 1.75. The Hall–Kier alpha value is -2.23. The number of aliphatic hydroxyl groups is 1. The first-order valence-corrected chi connectivity index (χ1v) is 9.31. The second kappa shape index (κ2) is 8.13. The van der Waals surface area contributed by atoms with E-state index in [2.05, 4.69) is 4.74 Å². The number of ether oxygens (including phenoxy) is 3. The van der Waals surface area contributed by atoms with Gasteiger partial charge in [0.15, 0.2) is 17.5 Å². The predicted molar refractivity (Wildman–Crippen MR) is 96.1 cm³/mol. The van der Waals surface area contributed by atoms with Crippen molar-refractivity contribution < 1.29 is 41.3 Å². The van der Waals surface area contributed by atoms with Crippen molar-refractivity contribution in [2.24, 2.45) is 5.41 Å². The van der Waals surface area contributed by atoms with Gasteiger partial charge in [-0.15, -0.1) is 0 Å². The Morgan fingerprint density at radius 1 is 1.03 bits per heavy atom. The number of benzene rings is 2. The van der Waals surface area contributed by atoms with E-state index in [9.17, 15) is 27.1 Å². The van der Waals surface area contributed by atoms with Gasteiger partial charge in [-0.25, -0.2) is 13.2 Å². The molecule has 1 aliphatic rings. The van der Waals surface area contributed by atoms with E-state index in [0.29, 0.717) is 12.1 Å². The lowest BCUT2D eigenvalue weighted by molar-refractivity contribution is -0.414. The first-order chi connectivity index (χ1) is 14.0. The Bertz CT molecular complexity index is 870. The molecule has 0 radical (unpaired) electrons. The third-order valence-corrected chi connectivity index (χ3v) is 4.88. The summed E-state index contributed by atoms with van der Waals surface area (Å²) in [5.74, 6) is -8.05. The maximum atomic E-state index is 14.4. The quantitative estimate of drug-likeness (QED) is 0.504. The van der Waals surface area contributed by atoms with Crippen molar-refractivity contribution >= 4 is 0 Å². The lowest BCUT2D eigenvalue weighted by Crippen LogP contribution is -2.46. The highest BCUT2D eigenvalue weighted by atomic mass is 19.3. The monoisotopic (exact) mass is 432 g/mol. The highest BCUT2D eigenvalue weighted by Gasteiger charge is 2.43. The van der Waals surface area contributed by atoms with Crippen LogP contribution in [0.25, 0.3) is 0 Å². The molecule has 0 aromatic heterocycles.